The average Bonchev–Trinajstić information content (AvgIpc) is 3.05. The molecule has 0 saturated carbocycles. The Balaban J connectivity index is 4.21. The zero-order chi connectivity index (χ0) is 32.8. The summed E-state index contributed by atoms with van der Waals surface area (Å²) in [5.74, 6) is 0. The highest BCUT2D eigenvalue weighted by molar-refractivity contribution is 7.75. The van der Waals surface area contributed by atoms with Crippen LogP contribution in [0.4, 0.5) is 0 Å². The second-order valence-corrected chi connectivity index (χ2v) is 19.6. The highest BCUT2D eigenvalue weighted by Gasteiger charge is 2.34. The zero-order valence-electron chi connectivity index (χ0n) is 32.2. The number of hydrogen-bond acceptors (Lipinski definition) is 1. The van der Waals surface area contributed by atoms with Gasteiger partial charge in [-0.25, -0.2) is 0 Å². The van der Waals surface area contributed by atoms with E-state index in [4.69, 9.17) is 0 Å². The fraction of sp³-hybridized carbons (Fsp3) is 1.00. The Morgan fingerprint density at radius 1 is 0.244 bits per heavy atom. The quantitative estimate of drug-likeness (QED) is 0.0515. The maximum atomic E-state index is 10.8. The molecule has 0 fully saturated rings. The number of unbranched alkanes of at least 4 members (excludes halogenated alkanes) is 33. The van der Waals surface area contributed by atoms with Crippen molar-refractivity contribution in [1.82, 2.24) is 0 Å². The van der Waals surface area contributed by atoms with Crippen LogP contribution < -0.4 is 0 Å². The molecule has 0 aliphatic rings. The molecule has 0 radical (unpaired) electrons. The molecular weight excluding hydrogens is 563 g/mol. The summed E-state index contributed by atoms with van der Waals surface area (Å²) in [7, 11) is -1.16. The molecule has 0 aliphatic heterocycles. The Bertz CT molecular complexity index is 451. The van der Waals surface area contributed by atoms with E-state index < -0.39 is 7.26 Å². The number of aliphatic hydroxyl groups is 1. The predicted molar refractivity (Wildman–Crippen MR) is 212 cm³/mol. The van der Waals surface area contributed by atoms with E-state index in [-0.39, 0.29) is 0 Å². The lowest BCUT2D eigenvalue weighted by atomic mass is 10.1. The van der Waals surface area contributed by atoms with Crippen molar-refractivity contribution in [1.29, 1.82) is 0 Å². The van der Waals surface area contributed by atoms with Gasteiger partial charge < -0.3 is 5.11 Å². The van der Waals surface area contributed by atoms with Gasteiger partial charge >= 0.3 is 0 Å². The topological polar surface area (TPSA) is 20.2 Å². The van der Waals surface area contributed by atoms with Crippen LogP contribution in [-0.2, 0) is 0 Å². The maximum absolute atomic E-state index is 10.8. The van der Waals surface area contributed by atoms with Crippen LogP contribution >= 0.6 is 7.26 Å². The van der Waals surface area contributed by atoms with E-state index in [0.29, 0.717) is 6.35 Å². The van der Waals surface area contributed by atoms with E-state index in [2.05, 4.69) is 20.8 Å². The van der Waals surface area contributed by atoms with Gasteiger partial charge in [-0.15, -0.1) is 0 Å². The van der Waals surface area contributed by atoms with Crippen LogP contribution in [0.2, 0.25) is 0 Å². The van der Waals surface area contributed by atoms with Gasteiger partial charge in [-0.2, -0.15) is 0 Å². The molecule has 2 heteroatoms. The first-order valence-corrected chi connectivity index (χ1v) is 24.2. The van der Waals surface area contributed by atoms with E-state index in [1.807, 2.05) is 0 Å². The first kappa shape index (κ1) is 45.4. The van der Waals surface area contributed by atoms with Crippen molar-refractivity contribution in [2.24, 2.45) is 0 Å². The molecule has 45 heavy (non-hydrogen) atoms. The third-order valence-corrected chi connectivity index (χ3v) is 15.2. The molecule has 0 unspecified atom stereocenters. The maximum Gasteiger partial charge on any atom is 0.154 e. The van der Waals surface area contributed by atoms with Crippen molar-refractivity contribution in [3.05, 3.63) is 0 Å². The molecule has 0 amide bonds. The Morgan fingerprint density at radius 3 is 0.556 bits per heavy atom. The van der Waals surface area contributed by atoms with E-state index >= 15 is 0 Å². The second kappa shape index (κ2) is 38.8. The van der Waals surface area contributed by atoms with Crippen LogP contribution in [0.3, 0.4) is 0 Å². The lowest BCUT2D eigenvalue weighted by Crippen LogP contribution is -2.13. The zero-order valence-corrected chi connectivity index (χ0v) is 33.1. The first-order valence-electron chi connectivity index (χ1n) is 21.7. The fourth-order valence-corrected chi connectivity index (χ4v) is 11.2. The summed E-state index contributed by atoms with van der Waals surface area (Å²) < 4.78 is 0. The molecule has 1 N–H and O–H groups in total. The smallest absolute Gasteiger partial charge is 0.154 e. The van der Waals surface area contributed by atoms with Gasteiger partial charge in [-0.1, -0.05) is 213 Å². The lowest BCUT2D eigenvalue weighted by molar-refractivity contribution is 0.365. The van der Waals surface area contributed by atoms with E-state index in [1.54, 1.807) is 0 Å². The summed E-state index contributed by atoms with van der Waals surface area (Å²) in [6, 6.07) is 0. The molecule has 1 nitrogen and oxygen atoms in total. The Hall–Kier alpha value is 0.390. The molecule has 0 spiro atoms. The van der Waals surface area contributed by atoms with Crippen LogP contribution in [0.25, 0.3) is 0 Å². The van der Waals surface area contributed by atoms with Crippen molar-refractivity contribution < 1.29 is 5.11 Å². The van der Waals surface area contributed by atoms with Crippen molar-refractivity contribution in [3.63, 3.8) is 0 Å². The van der Waals surface area contributed by atoms with Gasteiger partial charge in [0.15, 0.2) is 6.35 Å². The highest BCUT2D eigenvalue weighted by atomic mass is 31.2. The molecule has 0 atom stereocenters. The largest absolute Gasteiger partial charge is 0.362 e. The van der Waals surface area contributed by atoms with Crippen LogP contribution in [0.15, 0.2) is 0 Å². The minimum atomic E-state index is -1.16. The number of rotatable bonds is 40. The monoisotopic (exact) mass is 654 g/mol. The van der Waals surface area contributed by atoms with Crippen LogP contribution in [0, 0.1) is 0 Å². The highest BCUT2D eigenvalue weighted by Crippen LogP contribution is 2.60. The van der Waals surface area contributed by atoms with E-state index in [1.165, 1.54) is 250 Å². The van der Waals surface area contributed by atoms with E-state index in [0.717, 1.165) is 0 Å². The first-order chi connectivity index (χ1) is 22.2. The summed E-state index contributed by atoms with van der Waals surface area (Å²) in [6.45, 7) is 6.93. The standard InChI is InChI=1S/C43H90OP/c1-4-7-10-13-16-19-22-25-28-31-34-37-40-45(43-44,41-38-35-32-29-26-23-20-17-14-11-8-5-2)42-39-36-33-30-27-24-21-18-15-12-9-6-3/h44H,4-43H2,1-3H3/q+1. The molecule has 0 aromatic carbocycles. The molecule has 0 aliphatic carbocycles. The molecule has 0 aromatic rings. The van der Waals surface area contributed by atoms with E-state index in [9.17, 15) is 5.11 Å². The molecule has 0 heterocycles. The summed E-state index contributed by atoms with van der Waals surface area (Å²) in [5.41, 5.74) is 0. The Morgan fingerprint density at radius 2 is 0.400 bits per heavy atom. The minimum absolute atomic E-state index is 0.543. The summed E-state index contributed by atoms with van der Waals surface area (Å²) in [4.78, 5) is 0. The van der Waals surface area contributed by atoms with Crippen molar-refractivity contribution >= 4 is 7.26 Å². The van der Waals surface area contributed by atoms with Gasteiger partial charge in [-0.3, -0.25) is 0 Å². The van der Waals surface area contributed by atoms with Crippen LogP contribution in [0.1, 0.15) is 252 Å². The molecule has 272 valence electrons. The van der Waals surface area contributed by atoms with Crippen LogP contribution in [-0.4, -0.2) is 29.9 Å². The fourth-order valence-electron chi connectivity index (χ4n) is 7.41. The summed E-state index contributed by atoms with van der Waals surface area (Å²) in [6.07, 6.45) is 56.3. The Labute approximate surface area is 288 Å². The summed E-state index contributed by atoms with van der Waals surface area (Å²) in [5, 5.41) is 10.8. The second-order valence-electron chi connectivity index (χ2n) is 15.3. The van der Waals surface area contributed by atoms with Gasteiger partial charge in [0.2, 0.25) is 0 Å². The van der Waals surface area contributed by atoms with Gasteiger partial charge in [0, 0.05) is 7.26 Å². The normalized spacial score (nSPS) is 12.0. The van der Waals surface area contributed by atoms with Crippen molar-refractivity contribution in [3.8, 4) is 0 Å². The number of hydrogen-bond donors (Lipinski definition) is 1. The molecular formula is C43H90OP+. The molecule has 0 rings (SSSR count). The Kier molecular flexibility index (Phi) is 39.2. The van der Waals surface area contributed by atoms with Gasteiger partial charge in [0.05, 0.1) is 18.5 Å². The summed E-state index contributed by atoms with van der Waals surface area (Å²) >= 11 is 0. The molecule has 0 bridgehead atoms. The molecule has 0 saturated heterocycles. The molecule has 0 aromatic heterocycles. The van der Waals surface area contributed by atoms with Crippen LogP contribution in [0.5, 0.6) is 0 Å². The van der Waals surface area contributed by atoms with Gasteiger partial charge in [0.1, 0.15) is 0 Å². The third kappa shape index (κ3) is 34.1. The third-order valence-electron chi connectivity index (χ3n) is 10.8. The minimum Gasteiger partial charge on any atom is -0.362 e. The number of aliphatic hydroxyl groups excluding tert-OH is 1. The van der Waals surface area contributed by atoms with Crippen molar-refractivity contribution in [2.45, 2.75) is 252 Å². The lowest BCUT2D eigenvalue weighted by Gasteiger charge is -2.26. The van der Waals surface area contributed by atoms with Crippen molar-refractivity contribution in [2.75, 3.05) is 24.8 Å². The van der Waals surface area contributed by atoms with Gasteiger partial charge in [-0.05, 0) is 38.5 Å². The van der Waals surface area contributed by atoms with Gasteiger partial charge in [0.25, 0.3) is 0 Å². The predicted octanol–water partition coefficient (Wildman–Crippen LogP) is 16.1. The average molecular weight is 654 g/mol. The SMILES string of the molecule is CCCCCCCCCCCCCC[P+](CO)(CCCCCCCCCCCCCC)CCCCCCCCCCCCCC.